The van der Waals surface area contributed by atoms with Gasteiger partial charge in [-0.3, -0.25) is 24.0 Å². The summed E-state index contributed by atoms with van der Waals surface area (Å²) in [6, 6.07) is 13.5. The maximum absolute atomic E-state index is 12.4. The van der Waals surface area contributed by atoms with E-state index in [0.29, 0.717) is 71.8 Å². The van der Waals surface area contributed by atoms with Crippen molar-refractivity contribution >= 4 is 132 Å². The number of carbonyl (C=O) groups excluding carboxylic acids is 5. The van der Waals surface area contributed by atoms with Crippen molar-refractivity contribution in [2.75, 3.05) is 53.6 Å². The van der Waals surface area contributed by atoms with Crippen molar-refractivity contribution in [1.82, 2.24) is 101 Å². The number of nitrogens with zero attached hydrogens (tertiary/aromatic N) is 14. The number of anilines is 4. The number of carbonyl (C=O) groups is 5. The molecule has 0 bridgehead atoms. The molecule has 0 radical (unpaired) electrons. The van der Waals surface area contributed by atoms with Crippen molar-refractivity contribution in [2.45, 2.75) is 96.3 Å². The lowest BCUT2D eigenvalue weighted by Gasteiger charge is -2.26. The van der Waals surface area contributed by atoms with Gasteiger partial charge in [0.05, 0.1) is 46.3 Å². The predicted octanol–water partition coefficient (Wildman–Crippen LogP) is 11.0. The zero-order chi connectivity index (χ0) is 83.1. The molecule has 2 atom stereocenters. The molecule has 13 N–H and O–H groups in total. The summed E-state index contributed by atoms with van der Waals surface area (Å²) < 4.78 is 74.2. The minimum Gasteiger partial charge on any atom is -0.365 e. The van der Waals surface area contributed by atoms with E-state index >= 15 is 0 Å². The van der Waals surface area contributed by atoms with E-state index < -0.39 is 66.7 Å². The molecule has 31 nitrogen and oxygen atoms in total. The predicted molar refractivity (Wildman–Crippen MR) is 421 cm³/mol. The van der Waals surface area contributed by atoms with Crippen LogP contribution >= 0.6 is 34.8 Å². The molecular weight excluding hydrogens is 1570 g/mol. The second-order valence-electron chi connectivity index (χ2n) is 26.7. The van der Waals surface area contributed by atoms with Crippen LogP contribution < -0.4 is 47.9 Å². The summed E-state index contributed by atoms with van der Waals surface area (Å²) in [4.78, 5) is 127. The van der Waals surface area contributed by atoms with E-state index in [1.807, 2.05) is 60.6 Å². The smallest absolute Gasteiger partial charge is 0.365 e. The molecule has 0 spiro atoms. The number of H-pyrrole nitrogens is 4. The van der Waals surface area contributed by atoms with Crippen LogP contribution in [0.4, 0.5) is 49.6 Å². The van der Waals surface area contributed by atoms with Gasteiger partial charge < -0.3 is 67.8 Å². The summed E-state index contributed by atoms with van der Waals surface area (Å²) in [6.07, 6.45) is 20.9. The first-order valence-electron chi connectivity index (χ1n) is 34.8. The maximum Gasteiger partial charge on any atom is 0.405 e. The van der Waals surface area contributed by atoms with Crippen LogP contribution in [0.5, 0.6) is 0 Å². The first kappa shape index (κ1) is 84.1. The number of nitrogens with two attached hydrogens (primary N) is 1. The topological polar surface area (TPSA) is 440 Å². The van der Waals surface area contributed by atoms with E-state index in [0.717, 1.165) is 52.3 Å². The minimum absolute atomic E-state index is 0.0305. The number of hydrogen-bond donors (Lipinski definition) is 12. The molecule has 115 heavy (non-hydrogen) atoms. The fourth-order valence-electron chi connectivity index (χ4n) is 11.5. The fourth-order valence-corrected chi connectivity index (χ4v) is 11.9. The molecule has 5 amide bonds. The highest BCUT2D eigenvalue weighted by Crippen LogP contribution is 2.35. The Bertz CT molecular complexity index is 5680. The highest BCUT2D eigenvalue weighted by molar-refractivity contribution is 6.32. The molecule has 0 saturated carbocycles. The van der Waals surface area contributed by atoms with Gasteiger partial charge in [-0.05, 0) is 88.9 Å². The summed E-state index contributed by atoms with van der Waals surface area (Å²) >= 11 is 18.2. The zero-order valence-corrected chi connectivity index (χ0v) is 64.1. The molecule has 0 unspecified atom stereocenters. The largest absolute Gasteiger partial charge is 0.405 e. The highest BCUT2D eigenvalue weighted by Gasteiger charge is 2.37. The number of fused-ring (bicyclic) bond motifs is 4. The number of alkyl halides is 6. The van der Waals surface area contributed by atoms with E-state index in [9.17, 15) is 55.6 Å². The third-order valence-electron chi connectivity index (χ3n) is 17.1. The average Bonchev–Trinajstić information content (AvgIpc) is 1.71. The Morgan fingerprint density at radius 1 is 0.600 bits per heavy atom. The van der Waals surface area contributed by atoms with Gasteiger partial charge in [0.25, 0.3) is 5.91 Å². The first-order valence-corrected chi connectivity index (χ1v) is 35.9. The molecule has 1 aliphatic rings. The summed E-state index contributed by atoms with van der Waals surface area (Å²) in [5.74, 6) is 4.88. The third-order valence-corrected chi connectivity index (χ3v) is 17.8. The molecule has 1 saturated heterocycles. The normalized spacial score (nSPS) is 13.0. The van der Waals surface area contributed by atoms with E-state index in [2.05, 4.69) is 119 Å². The van der Waals surface area contributed by atoms with Gasteiger partial charge in [-0.2, -0.15) is 31.6 Å². The van der Waals surface area contributed by atoms with E-state index in [1.54, 1.807) is 67.8 Å². The number of amides is 5. The molecule has 40 heteroatoms. The van der Waals surface area contributed by atoms with Gasteiger partial charge in [-0.1, -0.05) is 60.5 Å². The van der Waals surface area contributed by atoms with Gasteiger partial charge >= 0.3 is 12.4 Å². The number of aromatic amines is 4. The number of rotatable bonds is 22. The van der Waals surface area contributed by atoms with E-state index in [4.69, 9.17) is 58.4 Å². The lowest BCUT2D eigenvalue weighted by molar-refractivity contribution is -0.140. The van der Waals surface area contributed by atoms with Crippen molar-refractivity contribution in [2.24, 2.45) is 11.7 Å². The number of nitriles is 1. The molecule has 1 fully saturated rings. The van der Waals surface area contributed by atoms with Crippen LogP contribution in [0.1, 0.15) is 76.7 Å². The molecule has 1 aliphatic heterocycles. The zero-order valence-electron chi connectivity index (χ0n) is 61.8. The average molecular weight is 1640 g/mol. The van der Waals surface area contributed by atoms with Gasteiger partial charge in [0.1, 0.15) is 87.2 Å². The second-order valence-corrected chi connectivity index (χ2v) is 28.0. The van der Waals surface area contributed by atoms with Gasteiger partial charge in [0, 0.05) is 125 Å². The maximum atomic E-state index is 12.4. The van der Waals surface area contributed by atoms with Gasteiger partial charge in [0.2, 0.25) is 23.6 Å². The number of halogens is 9. The van der Waals surface area contributed by atoms with Crippen molar-refractivity contribution < 1.29 is 50.3 Å². The fraction of sp³-hybridized carbons (Fsp3) is 0.280. The van der Waals surface area contributed by atoms with Crippen molar-refractivity contribution in [1.29, 1.82) is 5.26 Å². The van der Waals surface area contributed by atoms with Gasteiger partial charge in [-0.25, -0.2) is 59.8 Å². The Morgan fingerprint density at radius 3 is 1.63 bits per heavy atom. The summed E-state index contributed by atoms with van der Waals surface area (Å²) in [6.45, 7) is 8.64. The van der Waals surface area contributed by atoms with E-state index in [-0.39, 0.29) is 71.3 Å². The quantitative estimate of drug-likeness (QED) is 0.0221. The van der Waals surface area contributed by atoms with Crippen molar-refractivity contribution in [3.8, 4) is 76.3 Å². The summed E-state index contributed by atoms with van der Waals surface area (Å²) in [7, 11) is 0. The number of primary amides is 1. The Balaban J connectivity index is 0.000000162. The lowest BCUT2D eigenvalue weighted by atomic mass is 10.0. The monoisotopic (exact) mass is 1630 g/mol. The molecule has 594 valence electrons. The molecule has 0 aromatic carbocycles. The van der Waals surface area contributed by atoms with Crippen molar-refractivity contribution in [3.05, 3.63) is 143 Å². The Hall–Kier alpha value is -13.3. The summed E-state index contributed by atoms with van der Waals surface area (Å²) in [5, 5.41) is 32.0. The number of pyridine rings is 4. The van der Waals surface area contributed by atoms with Crippen LogP contribution in [0.15, 0.2) is 117 Å². The molecular formula is C75H71Cl3F6N26O5. The van der Waals surface area contributed by atoms with Crippen molar-refractivity contribution in [3.63, 3.8) is 0 Å². The molecule has 13 heterocycles. The third kappa shape index (κ3) is 21.5. The van der Waals surface area contributed by atoms with Crippen LogP contribution in [-0.4, -0.2) is 178 Å². The lowest BCUT2D eigenvalue weighted by Crippen LogP contribution is -2.50. The standard InChI is InChI=1S/C19H19ClF3N7O2.C19H17ClN6O.C19H19ClN6O.C18H16F3N7O/c1-18(2,17(32)25-4-3-19(21,22)23)30-16-12(13(24)31)8-28-15(29-16)11-7-27-14-10(11)5-9(20)6-26-14;1-2-6-22-19(27)15-4-3-8-26(15)16-5-7-21-18(25-16)14-11-24-17-13(14)9-12(20)10-23-17;1-4-6-22-19(27)16(11(2)3)25-15-5-7-21-18(26-15)14-10-24-17-13(14)8-12(20)9-23-17;1-17(2,16(29)26-9-18(19,20)21)28-13-10(6-22)7-24-15(27-13)12-8-25-14-11(12)4-3-5-23-14/h5-8H,3-4H2,1-2H3,(H2,24,31)(H,25,32)(H,26,27)(H,28,29,30);1,5,7,9-11,15H,3-4,6,8H2,(H,22,27)(H,23,24);1,5,7-11,16H,6H2,2-3H3,(H,22,27)(H,23,24)(H,21,25,26);3-5,7-8H,9H2,1-2H3,(H,23,25)(H,26,29)(H,24,27,28)/t;15-;16-;/m.11./s1. The number of nitrogens with one attached hydrogen (secondary N) is 11. The Kier molecular flexibility index (Phi) is 26.7. The van der Waals surface area contributed by atoms with Crippen LogP contribution in [-0.2, 0) is 19.2 Å². The number of hydrogen-bond acceptors (Lipinski definition) is 22. The molecule has 0 aliphatic carbocycles. The molecule has 12 aromatic rings. The Morgan fingerprint density at radius 2 is 1.10 bits per heavy atom. The minimum atomic E-state index is -4.53. The molecule has 13 rings (SSSR count). The van der Waals surface area contributed by atoms with Gasteiger partial charge in [-0.15, -0.1) is 12.8 Å². The Labute approximate surface area is 665 Å². The van der Waals surface area contributed by atoms with Crippen LogP contribution in [0.2, 0.25) is 15.1 Å². The van der Waals surface area contributed by atoms with Crippen LogP contribution in [0.25, 0.3) is 89.7 Å². The van der Waals surface area contributed by atoms with E-state index in [1.165, 1.54) is 46.3 Å². The van der Waals surface area contributed by atoms with Crippen LogP contribution in [0, 0.1) is 41.9 Å². The van der Waals surface area contributed by atoms with Crippen LogP contribution in [0.3, 0.4) is 0 Å². The number of aromatic nitrogens is 16. The highest BCUT2D eigenvalue weighted by atomic mass is 35.5. The number of terminal acetylenes is 2. The second kappa shape index (κ2) is 36.4. The summed E-state index contributed by atoms with van der Waals surface area (Å²) in [5.41, 5.74) is 7.78. The first-order chi connectivity index (χ1) is 54.6. The SMILES string of the molecule is C#CCNC(=O)[C@H](Nc1ccnc(-c2c[nH]c3ncc(Cl)cc23)n1)C(C)C.C#CCNC(=O)[C@H]1CCCN1c1ccnc(-c2c[nH]c3ncc(Cl)cc23)n1.CC(C)(Nc1nc(-c2c[nH]c3ncc(Cl)cc23)ncc1C(N)=O)C(=O)NCCC(F)(F)F.CC(C)(Nc1nc(-c2c[nH]c3ncccc23)ncc1C#N)C(=O)NCC(F)(F)F. The van der Waals surface area contributed by atoms with Gasteiger partial charge in [0.15, 0.2) is 23.3 Å². The molecule has 12 aromatic heterocycles.